The van der Waals surface area contributed by atoms with Gasteiger partial charge in [0.25, 0.3) is 0 Å². The summed E-state index contributed by atoms with van der Waals surface area (Å²) in [4.78, 5) is 2.71. The summed E-state index contributed by atoms with van der Waals surface area (Å²) in [6.45, 7) is 4.32. The van der Waals surface area contributed by atoms with E-state index in [1.165, 1.54) is 32.7 Å². The van der Waals surface area contributed by atoms with E-state index in [1.54, 1.807) is 0 Å². The quantitative estimate of drug-likeness (QED) is 0.531. The maximum Gasteiger partial charge on any atom is 0.158 e. The number of hydrogen-bond acceptors (Lipinski definition) is 0. The predicted molar refractivity (Wildman–Crippen MR) is 67.7 cm³/mol. The summed E-state index contributed by atoms with van der Waals surface area (Å²) in [7, 11) is 0. The van der Waals surface area contributed by atoms with Gasteiger partial charge in [0, 0.05) is 11.8 Å². The average molecular weight is 215 g/mol. The molecular formula is C14H15S+. The Hall–Kier alpha value is -1.21. The van der Waals surface area contributed by atoms with E-state index in [2.05, 4.69) is 62.4 Å². The van der Waals surface area contributed by atoms with E-state index in [9.17, 15) is 0 Å². The van der Waals surface area contributed by atoms with Crippen LogP contribution in [0.3, 0.4) is 0 Å². The van der Waals surface area contributed by atoms with Gasteiger partial charge in [0.15, 0.2) is 9.79 Å². The van der Waals surface area contributed by atoms with Gasteiger partial charge in [-0.1, -0.05) is 24.3 Å². The molecule has 0 spiro atoms. The topological polar surface area (TPSA) is 0 Å². The number of aryl methyl sites for hydroxylation is 2. The first-order valence-corrected chi connectivity index (χ1v) is 5.99. The highest BCUT2D eigenvalue weighted by Crippen LogP contribution is 2.15. The molecule has 0 fully saturated rings. The van der Waals surface area contributed by atoms with Gasteiger partial charge in [-0.05, 0) is 49.2 Å². The van der Waals surface area contributed by atoms with Crippen LogP contribution < -0.4 is 0 Å². The minimum Gasteiger partial charge on any atom is -0.0619 e. The second kappa shape index (κ2) is 4.54. The molecule has 0 amide bonds. The molecule has 2 rings (SSSR count). The molecule has 76 valence electrons. The second-order valence-corrected chi connectivity index (χ2v) is 4.97. The largest absolute Gasteiger partial charge is 0.158 e. The lowest BCUT2D eigenvalue weighted by Gasteiger charge is -1.98. The van der Waals surface area contributed by atoms with Crippen molar-refractivity contribution in [3.63, 3.8) is 0 Å². The molecule has 0 aromatic heterocycles. The zero-order chi connectivity index (χ0) is 10.7. The van der Waals surface area contributed by atoms with Crippen LogP contribution in [0.5, 0.6) is 0 Å². The van der Waals surface area contributed by atoms with Crippen molar-refractivity contribution in [3.8, 4) is 0 Å². The monoisotopic (exact) mass is 215 g/mol. The van der Waals surface area contributed by atoms with Crippen molar-refractivity contribution in [2.75, 3.05) is 0 Å². The van der Waals surface area contributed by atoms with Crippen molar-refractivity contribution in [2.24, 2.45) is 0 Å². The zero-order valence-corrected chi connectivity index (χ0v) is 9.96. The summed E-state index contributed by atoms with van der Waals surface area (Å²) in [6.07, 6.45) is 0. The van der Waals surface area contributed by atoms with Crippen LogP contribution in [0.25, 0.3) is 0 Å². The van der Waals surface area contributed by atoms with Crippen molar-refractivity contribution in [2.45, 2.75) is 23.6 Å². The van der Waals surface area contributed by atoms with Crippen LogP contribution in [0.1, 0.15) is 11.1 Å². The molecular weight excluding hydrogens is 200 g/mol. The molecule has 0 aliphatic carbocycles. The summed E-state index contributed by atoms with van der Waals surface area (Å²) < 4.78 is 0. The van der Waals surface area contributed by atoms with Gasteiger partial charge in [-0.25, -0.2) is 0 Å². The van der Waals surface area contributed by atoms with Crippen LogP contribution in [-0.4, -0.2) is 0 Å². The van der Waals surface area contributed by atoms with E-state index in [4.69, 9.17) is 0 Å². The standard InChI is InChI=1S/C14H14S/c1-11-8-9-14(10-12(11)2)15-13-6-4-3-5-7-13/h3-10H,1-2H3/p+1. The molecule has 0 saturated carbocycles. The molecule has 0 heterocycles. The van der Waals surface area contributed by atoms with Gasteiger partial charge in [-0.15, -0.1) is 0 Å². The van der Waals surface area contributed by atoms with Crippen molar-refractivity contribution in [1.82, 2.24) is 0 Å². The fourth-order valence-electron chi connectivity index (χ4n) is 1.45. The highest BCUT2D eigenvalue weighted by atomic mass is 32.2. The Labute approximate surface area is 95.3 Å². The minimum absolute atomic E-state index is 1.29. The molecule has 15 heavy (non-hydrogen) atoms. The van der Waals surface area contributed by atoms with Crippen molar-refractivity contribution < 1.29 is 0 Å². The highest BCUT2D eigenvalue weighted by molar-refractivity contribution is 7.78. The van der Waals surface area contributed by atoms with Gasteiger partial charge in [-0.3, -0.25) is 0 Å². The molecule has 0 aliphatic rings. The van der Waals surface area contributed by atoms with Crippen LogP contribution in [-0.2, 0) is 11.8 Å². The Morgan fingerprint density at radius 1 is 0.733 bits per heavy atom. The Morgan fingerprint density at radius 2 is 1.47 bits per heavy atom. The van der Waals surface area contributed by atoms with E-state index in [0.717, 1.165) is 0 Å². The van der Waals surface area contributed by atoms with Gasteiger partial charge in [0.1, 0.15) is 0 Å². The molecule has 0 nitrogen and oxygen atoms in total. The normalized spacial score (nSPS) is 10.3. The van der Waals surface area contributed by atoms with Crippen LogP contribution >= 0.6 is 0 Å². The number of thiol groups is 1. The maximum atomic E-state index is 2.27. The van der Waals surface area contributed by atoms with E-state index < -0.39 is 0 Å². The molecule has 0 aliphatic heterocycles. The van der Waals surface area contributed by atoms with Gasteiger partial charge in [0.05, 0.1) is 0 Å². The number of hydrogen-bond donors (Lipinski definition) is 0. The van der Waals surface area contributed by atoms with Gasteiger partial charge < -0.3 is 0 Å². The molecule has 1 heteroatoms. The fraction of sp³-hybridized carbons (Fsp3) is 0.143. The van der Waals surface area contributed by atoms with E-state index in [1.807, 2.05) is 0 Å². The molecule has 2 aromatic carbocycles. The van der Waals surface area contributed by atoms with E-state index >= 15 is 0 Å². The first-order valence-electron chi connectivity index (χ1n) is 5.10. The Bertz CT molecular complexity index is 446. The number of rotatable bonds is 2. The first-order chi connectivity index (χ1) is 7.25. The summed E-state index contributed by atoms with van der Waals surface area (Å²) >= 11 is 1.29. The third-order valence-electron chi connectivity index (χ3n) is 2.50. The fourth-order valence-corrected chi connectivity index (χ4v) is 2.47. The SMILES string of the molecule is Cc1ccc([SH+]c2ccccc2)cc1C. The third kappa shape index (κ3) is 2.63. The molecule has 0 radical (unpaired) electrons. The smallest absolute Gasteiger partial charge is 0.0619 e. The molecule has 0 saturated heterocycles. The van der Waals surface area contributed by atoms with Gasteiger partial charge >= 0.3 is 0 Å². The van der Waals surface area contributed by atoms with Crippen LogP contribution in [0, 0.1) is 13.8 Å². The van der Waals surface area contributed by atoms with Crippen molar-refractivity contribution in [1.29, 1.82) is 0 Å². The Kier molecular flexibility index (Phi) is 3.12. The number of benzene rings is 2. The van der Waals surface area contributed by atoms with Crippen LogP contribution in [0.15, 0.2) is 58.3 Å². The molecule has 0 bridgehead atoms. The Balaban J connectivity index is 2.22. The first kappa shape index (κ1) is 10.3. The molecule has 2 aromatic rings. The lowest BCUT2D eigenvalue weighted by Crippen LogP contribution is -1.87. The average Bonchev–Trinajstić information content (AvgIpc) is 2.25. The lowest BCUT2D eigenvalue weighted by atomic mass is 10.1. The van der Waals surface area contributed by atoms with Crippen molar-refractivity contribution in [3.05, 3.63) is 59.7 Å². The lowest BCUT2D eigenvalue weighted by molar-refractivity contribution is 1.27. The Morgan fingerprint density at radius 3 is 2.13 bits per heavy atom. The summed E-state index contributed by atoms with van der Waals surface area (Å²) in [5.74, 6) is 0. The summed E-state index contributed by atoms with van der Waals surface area (Å²) in [5, 5.41) is 0. The summed E-state index contributed by atoms with van der Waals surface area (Å²) in [6, 6.07) is 17.2. The van der Waals surface area contributed by atoms with Crippen molar-refractivity contribution >= 4 is 11.8 Å². The zero-order valence-electron chi connectivity index (χ0n) is 9.07. The van der Waals surface area contributed by atoms with Crippen LogP contribution in [0.2, 0.25) is 0 Å². The molecule has 0 N–H and O–H groups in total. The summed E-state index contributed by atoms with van der Waals surface area (Å²) in [5.41, 5.74) is 2.73. The molecule has 0 atom stereocenters. The maximum absolute atomic E-state index is 2.27. The van der Waals surface area contributed by atoms with Gasteiger partial charge in [0.2, 0.25) is 0 Å². The highest BCUT2D eigenvalue weighted by Gasteiger charge is 2.06. The van der Waals surface area contributed by atoms with E-state index in [-0.39, 0.29) is 0 Å². The van der Waals surface area contributed by atoms with E-state index in [0.29, 0.717) is 0 Å². The molecule has 0 unspecified atom stereocenters. The minimum atomic E-state index is 1.29. The third-order valence-corrected chi connectivity index (χ3v) is 3.60. The van der Waals surface area contributed by atoms with Gasteiger partial charge in [-0.2, -0.15) is 0 Å². The second-order valence-electron chi connectivity index (χ2n) is 3.72. The predicted octanol–water partition coefficient (Wildman–Crippen LogP) is 3.54. The van der Waals surface area contributed by atoms with Crippen LogP contribution in [0.4, 0.5) is 0 Å².